The highest BCUT2D eigenvalue weighted by Crippen LogP contribution is 2.30. The molecule has 0 aliphatic rings. The van der Waals surface area contributed by atoms with Gasteiger partial charge in [0.25, 0.3) is 11.8 Å². The van der Waals surface area contributed by atoms with Crippen molar-refractivity contribution in [3.05, 3.63) is 93.6 Å². The molecule has 2 amide bonds. The third-order valence-corrected chi connectivity index (χ3v) is 6.05. The number of carbonyl (C=O) groups is 2. The van der Waals surface area contributed by atoms with E-state index < -0.39 is 29.7 Å². The van der Waals surface area contributed by atoms with E-state index in [9.17, 15) is 27.6 Å². The molecule has 0 radical (unpaired) electrons. The van der Waals surface area contributed by atoms with E-state index in [1.807, 2.05) is 0 Å². The number of anilines is 2. The van der Waals surface area contributed by atoms with Gasteiger partial charge in [-0.1, -0.05) is 22.8 Å². The average molecular weight is 572 g/mol. The molecular weight excluding hydrogens is 555 g/mol. The minimum atomic E-state index is -4.83. The van der Waals surface area contributed by atoms with Gasteiger partial charge in [0.15, 0.2) is 5.82 Å². The summed E-state index contributed by atoms with van der Waals surface area (Å²) < 4.78 is 47.1. The number of aromatic amines is 1. The zero-order valence-corrected chi connectivity index (χ0v) is 21.1. The fourth-order valence-electron chi connectivity index (χ4n) is 3.99. The van der Waals surface area contributed by atoms with Crippen LogP contribution in [0.4, 0.5) is 24.5 Å². The molecule has 0 atom stereocenters. The minimum absolute atomic E-state index is 0.0859. The van der Waals surface area contributed by atoms with Crippen LogP contribution in [-0.4, -0.2) is 32.9 Å². The molecular formula is C26H17ClF3N5O5. The molecule has 0 unspecified atom stereocenters. The lowest BCUT2D eigenvalue weighted by Crippen LogP contribution is -2.17. The van der Waals surface area contributed by atoms with Crippen molar-refractivity contribution < 1.29 is 32.0 Å². The number of carbonyl (C=O) groups excluding carboxylic acids is 2. The van der Waals surface area contributed by atoms with E-state index in [1.165, 1.54) is 18.2 Å². The first-order valence-electron chi connectivity index (χ1n) is 11.4. The maximum absolute atomic E-state index is 13.2. The zero-order valence-electron chi connectivity index (χ0n) is 20.3. The highest BCUT2D eigenvalue weighted by Gasteiger charge is 2.31. The largest absolute Gasteiger partial charge is 0.573 e. The number of benzene rings is 3. The molecule has 5 aromatic rings. The molecule has 3 aromatic carbocycles. The van der Waals surface area contributed by atoms with Crippen molar-refractivity contribution in [3.63, 3.8) is 0 Å². The van der Waals surface area contributed by atoms with Gasteiger partial charge in [0.05, 0.1) is 11.2 Å². The van der Waals surface area contributed by atoms with Crippen LogP contribution in [0, 0.1) is 0 Å². The highest BCUT2D eigenvalue weighted by atomic mass is 35.5. The van der Waals surface area contributed by atoms with Crippen molar-refractivity contribution in [2.24, 2.45) is 7.05 Å². The average Bonchev–Trinajstić information content (AvgIpc) is 3.47. The molecule has 40 heavy (non-hydrogen) atoms. The molecule has 10 nitrogen and oxygen atoms in total. The van der Waals surface area contributed by atoms with Gasteiger partial charge in [0.2, 0.25) is 0 Å². The molecule has 2 aromatic heterocycles. The summed E-state index contributed by atoms with van der Waals surface area (Å²) in [4.78, 5) is 39.7. The first kappa shape index (κ1) is 26.6. The third kappa shape index (κ3) is 5.68. The zero-order chi connectivity index (χ0) is 28.6. The molecule has 2 heterocycles. The lowest BCUT2D eigenvalue weighted by atomic mass is 10.1. The van der Waals surface area contributed by atoms with Crippen LogP contribution in [0.15, 0.2) is 76.0 Å². The fourth-order valence-corrected chi connectivity index (χ4v) is 4.16. The van der Waals surface area contributed by atoms with Crippen LogP contribution in [-0.2, 0) is 7.05 Å². The van der Waals surface area contributed by atoms with Crippen molar-refractivity contribution in [3.8, 4) is 17.1 Å². The summed E-state index contributed by atoms with van der Waals surface area (Å²) in [7, 11) is 1.67. The second-order valence-electron chi connectivity index (χ2n) is 8.48. The Kier molecular flexibility index (Phi) is 6.81. The van der Waals surface area contributed by atoms with Gasteiger partial charge < -0.3 is 19.9 Å². The molecule has 0 aliphatic carbocycles. The van der Waals surface area contributed by atoms with Gasteiger partial charge in [0, 0.05) is 34.3 Å². The topological polar surface area (TPSA) is 131 Å². The number of amides is 2. The number of alkyl halides is 3. The Hall–Kier alpha value is -5.04. The molecule has 3 N–H and O–H groups in total. The smallest absolute Gasteiger partial charge is 0.406 e. The monoisotopic (exact) mass is 571 g/mol. The Morgan fingerprint density at radius 1 is 1.00 bits per heavy atom. The Balaban J connectivity index is 1.35. The maximum Gasteiger partial charge on any atom is 0.573 e. The van der Waals surface area contributed by atoms with Crippen molar-refractivity contribution >= 4 is 45.7 Å². The quantitative estimate of drug-likeness (QED) is 0.244. The molecule has 14 heteroatoms. The number of fused-ring (bicyclic) bond motifs is 1. The summed E-state index contributed by atoms with van der Waals surface area (Å²) in [5.74, 6) is -2.15. The molecule has 0 spiro atoms. The van der Waals surface area contributed by atoms with Gasteiger partial charge in [-0.25, -0.2) is 4.79 Å². The first-order valence-corrected chi connectivity index (χ1v) is 11.8. The summed E-state index contributed by atoms with van der Waals surface area (Å²) in [5.41, 5.74) is 2.09. The Morgan fingerprint density at radius 3 is 2.42 bits per heavy atom. The van der Waals surface area contributed by atoms with Crippen LogP contribution in [0.5, 0.6) is 5.75 Å². The number of ether oxygens (including phenoxy) is 1. The van der Waals surface area contributed by atoms with Crippen LogP contribution in [0.2, 0.25) is 5.02 Å². The third-order valence-electron chi connectivity index (χ3n) is 5.81. The number of nitrogens with zero attached hydrogens (tertiary/aromatic N) is 2. The van der Waals surface area contributed by atoms with Crippen molar-refractivity contribution in [2.45, 2.75) is 6.36 Å². The molecule has 0 saturated carbocycles. The van der Waals surface area contributed by atoms with Crippen LogP contribution >= 0.6 is 11.6 Å². The Labute approximate surface area is 227 Å². The fraction of sp³-hybridized carbons (Fsp3) is 0.0769. The summed E-state index contributed by atoms with van der Waals surface area (Å²) >= 11 is 6.08. The lowest BCUT2D eigenvalue weighted by Gasteiger charge is -2.11. The van der Waals surface area contributed by atoms with Crippen LogP contribution in [0.1, 0.15) is 20.8 Å². The maximum atomic E-state index is 13.2. The summed E-state index contributed by atoms with van der Waals surface area (Å²) in [5, 5.41) is 10.2. The normalized spacial score (nSPS) is 11.4. The van der Waals surface area contributed by atoms with E-state index in [0.29, 0.717) is 32.9 Å². The van der Waals surface area contributed by atoms with Gasteiger partial charge >= 0.3 is 12.1 Å². The van der Waals surface area contributed by atoms with Gasteiger partial charge in [-0.05, 0) is 60.7 Å². The number of rotatable bonds is 6. The number of halogens is 4. The number of aryl methyl sites for hydroxylation is 1. The Morgan fingerprint density at radius 2 is 1.75 bits per heavy atom. The van der Waals surface area contributed by atoms with E-state index >= 15 is 0 Å². The summed E-state index contributed by atoms with van der Waals surface area (Å²) in [6.07, 6.45) is -4.83. The van der Waals surface area contributed by atoms with E-state index in [4.69, 9.17) is 11.6 Å². The van der Waals surface area contributed by atoms with Crippen LogP contribution in [0.25, 0.3) is 22.3 Å². The van der Waals surface area contributed by atoms with E-state index in [0.717, 1.165) is 12.1 Å². The molecule has 0 fully saturated rings. The van der Waals surface area contributed by atoms with Gasteiger partial charge in [-0.2, -0.15) is 0 Å². The van der Waals surface area contributed by atoms with E-state index in [1.54, 1.807) is 48.0 Å². The first-order chi connectivity index (χ1) is 19.0. The summed E-state index contributed by atoms with van der Waals surface area (Å²) in [6.45, 7) is 0. The van der Waals surface area contributed by atoms with Crippen LogP contribution < -0.4 is 21.1 Å². The van der Waals surface area contributed by atoms with Gasteiger partial charge in [0.1, 0.15) is 11.4 Å². The number of nitrogens with one attached hydrogen (secondary N) is 3. The molecule has 5 rings (SSSR count). The van der Waals surface area contributed by atoms with Crippen molar-refractivity contribution in [2.75, 3.05) is 10.6 Å². The molecule has 0 saturated heterocycles. The predicted octanol–water partition coefficient (Wildman–Crippen LogP) is 5.58. The van der Waals surface area contributed by atoms with Crippen molar-refractivity contribution in [1.29, 1.82) is 0 Å². The second-order valence-corrected chi connectivity index (χ2v) is 8.91. The second kappa shape index (κ2) is 10.3. The van der Waals surface area contributed by atoms with E-state index in [2.05, 4.69) is 30.0 Å². The van der Waals surface area contributed by atoms with Gasteiger partial charge in [-0.3, -0.25) is 19.1 Å². The van der Waals surface area contributed by atoms with E-state index in [-0.39, 0.29) is 17.1 Å². The molecule has 0 aliphatic heterocycles. The SMILES string of the molecule is Cn1c(C(=O)Nc2ccc(Cl)cc2-c2noc(=O)[nH]2)cc2ccc(NC(=O)c3ccc(OC(F)(F)F)cc3)cc21. The van der Waals surface area contributed by atoms with Gasteiger partial charge in [-0.15, -0.1) is 13.2 Å². The molecule has 204 valence electrons. The number of aromatic nitrogens is 3. The molecule has 0 bridgehead atoms. The van der Waals surface area contributed by atoms with Crippen molar-refractivity contribution in [1.82, 2.24) is 14.7 Å². The number of H-pyrrole nitrogens is 1. The lowest BCUT2D eigenvalue weighted by molar-refractivity contribution is -0.274. The Bertz CT molecular complexity index is 1810. The number of hydrogen-bond donors (Lipinski definition) is 3. The minimum Gasteiger partial charge on any atom is -0.406 e. The highest BCUT2D eigenvalue weighted by molar-refractivity contribution is 6.31. The standard InChI is InChI=1S/C26H17ClF3N5O5/c1-35-20-12-16(31-23(36)13-3-7-17(8-4-13)39-26(28,29)30)6-2-14(20)10-21(35)24(37)32-19-9-5-15(27)11-18(19)22-33-25(38)40-34-22/h2-12H,1H3,(H,31,36)(H,32,37)(H,33,34,38). The number of hydrogen-bond acceptors (Lipinski definition) is 6. The predicted molar refractivity (Wildman–Crippen MR) is 140 cm³/mol. The summed E-state index contributed by atoms with van der Waals surface area (Å²) in [6, 6.07) is 15.8. The van der Waals surface area contributed by atoms with Crippen LogP contribution in [0.3, 0.4) is 0 Å².